The van der Waals surface area contributed by atoms with Crippen LogP contribution in [0.5, 0.6) is 0 Å². The number of thiophene rings is 1. The zero-order valence-corrected chi connectivity index (χ0v) is 11.6. The van der Waals surface area contributed by atoms with Crippen molar-refractivity contribution in [2.45, 2.75) is 26.3 Å². The number of hydrogen-bond acceptors (Lipinski definition) is 3. The van der Waals surface area contributed by atoms with E-state index in [0.29, 0.717) is 5.69 Å². The van der Waals surface area contributed by atoms with E-state index in [1.807, 2.05) is 37.4 Å². The molecule has 1 N–H and O–H groups in total. The Labute approximate surface area is 111 Å². The minimum atomic E-state index is -0.0674. The molecule has 0 aromatic carbocycles. The first kappa shape index (κ1) is 12.8. The normalized spacial score (nSPS) is 12.4. The van der Waals surface area contributed by atoms with Crippen LogP contribution in [0.3, 0.4) is 0 Å². The molecule has 1 atom stereocenters. The molecule has 5 heteroatoms. The summed E-state index contributed by atoms with van der Waals surface area (Å²) in [5.41, 5.74) is 1.44. The largest absolute Gasteiger partial charge is 0.348 e. The SMILES string of the molecule is CCC(C)NC(=O)c1cc(-c2cccs2)nn1C. The fourth-order valence-electron chi connectivity index (χ4n) is 1.62. The summed E-state index contributed by atoms with van der Waals surface area (Å²) >= 11 is 1.62. The van der Waals surface area contributed by atoms with Gasteiger partial charge < -0.3 is 5.32 Å². The topological polar surface area (TPSA) is 46.9 Å². The van der Waals surface area contributed by atoms with Gasteiger partial charge in [0, 0.05) is 13.1 Å². The van der Waals surface area contributed by atoms with Gasteiger partial charge in [-0.1, -0.05) is 13.0 Å². The molecule has 2 rings (SSSR count). The smallest absolute Gasteiger partial charge is 0.269 e. The predicted octanol–water partition coefficient (Wildman–Crippen LogP) is 2.68. The van der Waals surface area contributed by atoms with Crippen LogP contribution in [0.2, 0.25) is 0 Å². The van der Waals surface area contributed by atoms with Crippen molar-refractivity contribution in [2.75, 3.05) is 0 Å². The van der Waals surface area contributed by atoms with Crippen molar-refractivity contribution in [3.63, 3.8) is 0 Å². The van der Waals surface area contributed by atoms with Crippen LogP contribution in [0.15, 0.2) is 23.6 Å². The fourth-order valence-corrected chi connectivity index (χ4v) is 2.31. The molecule has 2 aromatic heterocycles. The Morgan fingerprint density at radius 1 is 1.61 bits per heavy atom. The van der Waals surface area contributed by atoms with Gasteiger partial charge in [0.25, 0.3) is 5.91 Å². The van der Waals surface area contributed by atoms with Gasteiger partial charge in [-0.25, -0.2) is 0 Å². The Kier molecular flexibility index (Phi) is 3.81. The molecule has 4 nitrogen and oxygen atoms in total. The minimum absolute atomic E-state index is 0.0674. The summed E-state index contributed by atoms with van der Waals surface area (Å²) in [7, 11) is 1.79. The first-order chi connectivity index (χ1) is 8.61. The van der Waals surface area contributed by atoms with Crippen molar-refractivity contribution in [1.29, 1.82) is 0 Å². The van der Waals surface area contributed by atoms with Crippen LogP contribution in [0.4, 0.5) is 0 Å². The van der Waals surface area contributed by atoms with E-state index in [4.69, 9.17) is 0 Å². The van der Waals surface area contributed by atoms with Crippen LogP contribution in [-0.2, 0) is 7.05 Å². The Balaban J connectivity index is 2.22. The van der Waals surface area contributed by atoms with Crippen molar-refractivity contribution in [3.8, 4) is 10.6 Å². The summed E-state index contributed by atoms with van der Waals surface area (Å²) in [6.45, 7) is 4.04. The van der Waals surface area contributed by atoms with Gasteiger partial charge in [0.05, 0.1) is 4.88 Å². The van der Waals surface area contributed by atoms with Gasteiger partial charge >= 0.3 is 0 Å². The summed E-state index contributed by atoms with van der Waals surface area (Å²) < 4.78 is 1.63. The van der Waals surface area contributed by atoms with Crippen LogP contribution in [-0.4, -0.2) is 21.7 Å². The van der Waals surface area contributed by atoms with Crippen molar-refractivity contribution < 1.29 is 4.79 Å². The number of nitrogens with zero attached hydrogens (tertiary/aromatic N) is 2. The van der Waals surface area contributed by atoms with Crippen molar-refractivity contribution in [3.05, 3.63) is 29.3 Å². The lowest BCUT2D eigenvalue weighted by molar-refractivity contribution is 0.0930. The van der Waals surface area contributed by atoms with Crippen LogP contribution in [0.1, 0.15) is 30.8 Å². The van der Waals surface area contributed by atoms with E-state index < -0.39 is 0 Å². The number of hydrogen-bond donors (Lipinski definition) is 1. The molecule has 0 fully saturated rings. The highest BCUT2D eigenvalue weighted by Gasteiger charge is 2.15. The fraction of sp³-hybridized carbons (Fsp3) is 0.385. The maximum atomic E-state index is 12.0. The molecule has 0 aliphatic carbocycles. The summed E-state index contributed by atoms with van der Waals surface area (Å²) in [6.07, 6.45) is 0.918. The van der Waals surface area contributed by atoms with Gasteiger partial charge in [-0.2, -0.15) is 5.10 Å². The van der Waals surface area contributed by atoms with Crippen molar-refractivity contribution in [1.82, 2.24) is 15.1 Å². The molecule has 96 valence electrons. The van der Waals surface area contributed by atoms with Gasteiger partial charge in [-0.05, 0) is 30.9 Å². The van der Waals surface area contributed by atoms with Crippen molar-refractivity contribution >= 4 is 17.2 Å². The molecule has 18 heavy (non-hydrogen) atoms. The molecule has 2 aromatic rings. The van der Waals surface area contributed by atoms with E-state index in [1.54, 1.807) is 23.1 Å². The van der Waals surface area contributed by atoms with Crippen molar-refractivity contribution in [2.24, 2.45) is 7.05 Å². The first-order valence-corrected chi connectivity index (χ1v) is 6.88. The second kappa shape index (κ2) is 5.35. The standard InChI is InChI=1S/C13H17N3OS/c1-4-9(2)14-13(17)11-8-10(15-16(11)3)12-6-5-7-18-12/h5-9H,4H2,1-3H3,(H,14,17). The van der Waals surface area contributed by atoms with E-state index in [-0.39, 0.29) is 11.9 Å². The average molecular weight is 263 g/mol. The second-order valence-electron chi connectivity index (χ2n) is 4.30. The third-order valence-corrected chi connectivity index (χ3v) is 3.77. The van der Waals surface area contributed by atoms with Gasteiger partial charge in [0.2, 0.25) is 0 Å². The molecule has 0 bridgehead atoms. The molecule has 0 saturated carbocycles. The molecule has 0 aliphatic rings. The number of carbonyl (C=O) groups is 1. The van der Waals surface area contributed by atoms with Gasteiger partial charge in [-0.15, -0.1) is 11.3 Å². The lowest BCUT2D eigenvalue weighted by atomic mass is 10.2. The molecule has 0 radical (unpaired) electrons. The number of nitrogens with one attached hydrogen (secondary N) is 1. The highest BCUT2D eigenvalue weighted by atomic mass is 32.1. The Morgan fingerprint density at radius 3 is 3.00 bits per heavy atom. The maximum absolute atomic E-state index is 12.0. The number of aryl methyl sites for hydroxylation is 1. The molecule has 2 heterocycles. The molecular formula is C13H17N3OS. The Hall–Kier alpha value is -1.62. The summed E-state index contributed by atoms with van der Waals surface area (Å²) in [5, 5.41) is 9.33. The predicted molar refractivity (Wildman–Crippen MR) is 73.7 cm³/mol. The maximum Gasteiger partial charge on any atom is 0.269 e. The van der Waals surface area contributed by atoms with Gasteiger partial charge in [0.1, 0.15) is 11.4 Å². The van der Waals surface area contributed by atoms with E-state index in [1.165, 1.54) is 0 Å². The third kappa shape index (κ3) is 2.61. The number of rotatable bonds is 4. The number of aromatic nitrogens is 2. The van der Waals surface area contributed by atoms with Gasteiger partial charge in [0.15, 0.2) is 0 Å². The minimum Gasteiger partial charge on any atom is -0.348 e. The number of carbonyl (C=O) groups excluding carboxylic acids is 1. The zero-order chi connectivity index (χ0) is 13.1. The van der Waals surface area contributed by atoms with E-state index in [2.05, 4.69) is 10.4 Å². The van der Waals surface area contributed by atoms with Crippen LogP contribution >= 0.6 is 11.3 Å². The summed E-state index contributed by atoms with van der Waals surface area (Å²) in [4.78, 5) is 13.1. The monoisotopic (exact) mass is 263 g/mol. The van der Waals surface area contributed by atoms with Gasteiger partial charge in [-0.3, -0.25) is 9.48 Å². The van der Waals surface area contributed by atoms with E-state index >= 15 is 0 Å². The summed E-state index contributed by atoms with van der Waals surface area (Å²) in [6, 6.07) is 6.00. The first-order valence-electron chi connectivity index (χ1n) is 6.00. The third-order valence-electron chi connectivity index (χ3n) is 2.88. The molecule has 1 unspecified atom stereocenters. The lowest BCUT2D eigenvalue weighted by Gasteiger charge is -2.10. The lowest BCUT2D eigenvalue weighted by Crippen LogP contribution is -2.33. The summed E-state index contributed by atoms with van der Waals surface area (Å²) in [5.74, 6) is -0.0674. The Bertz CT molecular complexity index is 530. The highest BCUT2D eigenvalue weighted by molar-refractivity contribution is 7.13. The molecule has 0 aliphatic heterocycles. The highest BCUT2D eigenvalue weighted by Crippen LogP contribution is 2.23. The molecular weight excluding hydrogens is 246 g/mol. The van der Waals surface area contributed by atoms with Crippen LogP contribution < -0.4 is 5.32 Å². The molecule has 0 saturated heterocycles. The average Bonchev–Trinajstić information content (AvgIpc) is 2.97. The Morgan fingerprint density at radius 2 is 2.39 bits per heavy atom. The van der Waals surface area contributed by atoms with E-state index in [0.717, 1.165) is 17.0 Å². The molecule has 0 spiro atoms. The van der Waals surface area contributed by atoms with Crippen LogP contribution in [0, 0.1) is 0 Å². The number of amides is 1. The quantitative estimate of drug-likeness (QED) is 0.922. The molecule has 1 amide bonds. The van der Waals surface area contributed by atoms with Crippen LogP contribution in [0.25, 0.3) is 10.6 Å². The van der Waals surface area contributed by atoms with E-state index in [9.17, 15) is 4.79 Å². The second-order valence-corrected chi connectivity index (χ2v) is 5.25. The zero-order valence-electron chi connectivity index (χ0n) is 10.8.